The summed E-state index contributed by atoms with van der Waals surface area (Å²) in [5.74, 6) is 1.36. The van der Waals surface area contributed by atoms with Crippen LogP contribution >= 0.6 is 11.3 Å². The van der Waals surface area contributed by atoms with E-state index < -0.39 is 0 Å². The molecule has 1 atom stereocenters. The van der Waals surface area contributed by atoms with Gasteiger partial charge in [-0.1, -0.05) is 0 Å². The number of hydrogen-bond acceptors (Lipinski definition) is 7. The van der Waals surface area contributed by atoms with Gasteiger partial charge in [-0.05, 0) is 31.5 Å². The minimum Gasteiger partial charge on any atom is -0.378 e. The van der Waals surface area contributed by atoms with Crippen molar-refractivity contribution in [2.24, 2.45) is 0 Å². The summed E-state index contributed by atoms with van der Waals surface area (Å²) in [4.78, 5) is 14.1. The van der Waals surface area contributed by atoms with E-state index in [1.807, 2.05) is 16.1 Å². The number of fused-ring (bicyclic) bond motifs is 1. The van der Waals surface area contributed by atoms with Gasteiger partial charge in [0.05, 0.1) is 31.6 Å². The van der Waals surface area contributed by atoms with Gasteiger partial charge in [0.25, 0.3) is 0 Å². The molecule has 2 fully saturated rings. The van der Waals surface area contributed by atoms with E-state index in [1.54, 1.807) is 11.3 Å². The smallest absolute Gasteiger partial charge is 0.156 e. The SMILES string of the molecule is c1csc(CN2CCC[C@H](c3nc4ccc(N5CCOCC5)cn4n3)C2)n1. The Balaban J connectivity index is 1.33. The molecule has 0 bridgehead atoms. The van der Waals surface area contributed by atoms with Crippen molar-refractivity contribution in [3.63, 3.8) is 0 Å². The molecule has 27 heavy (non-hydrogen) atoms. The Bertz CT molecular complexity index is 889. The average molecular weight is 385 g/mol. The summed E-state index contributed by atoms with van der Waals surface area (Å²) in [6.45, 7) is 6.51. The van der Waals surface area contributed by atoms with E-state index in [1.165, 1.54) is 17.1 Å². The third-order valence-corrected chi connectivity index (χ3v) is 6.19. The summed E-state index contributed by atoms with van der Waals surface area (Å²) in [5, 5.41) is 8.07. The van der Waals surface area contributed by atoms with Gasteiger partial charge < -0.3 is 9.64 Å². The predicted octanol–water partition coefficient (Wildman–Crippen LogP) is 2.40. The topological polar surface area (TPSA) is 58.8 Å². The molecule has 0 unspecified atom stereocenters. The lowest BCUT2D eigenvalue weighted by molar-refractivity contribution is 0.122. The summed E-state index contributed by atoms with van der Waals surface area (Å²) >= 11 is 1.73. The fourth-order valence-electron chi connectivity index (χ4n) is 4.00. The number of piperidine rings is 1. The number of anilines is 1. The minimum atomic E-state index is 0.394. The van der Waals surface area contributed by atoms with Crippen LogP contribution in [0.2, 0.25) is 0 Å². The molecule has 0 radical (unpaired) electrons. The third kappa shape index (κ3) is 3.69. The maximum atomic E-state index is 5.45. The first-order valence-corrected chi connectivity index (χ1v) is 10.5. The van der Waals surface area contributed by atoms with Crippen LogP contribution in [0.15, 0.2) is 29.9 Å². The van der Waals surface area contributed by atoms with Crippen molar-refractivity contribution >= 4 is 22.7 Å². The Hall–Kier alpha value is -2.03. The first-order valence-electron chi connectivity index (χ1n) is 9.65. The molecule has 2 aliphatic heterocycles. The lowest BCUT2D eigenvalue weighted by Crippen LogP contribution is -2.36. The molecule has 3 aromatic heterocycles. The van der Waals surface area contributed by atoms with Gasteiger partial charge in [0, 0.05) is 37.1 Å². The van der Waals surface area contributed by atoms with Crippen molar-refractivity contribution in [2.75, 3.05) is 44.3 Å². The fourth-order valence-corrected chi connectivity index (χ4v) is 4.66. The fraction of sp³-hybridized carbons (Fsp3) is 0.526. The molecule has 3 aromatic rings. The molecule has 0 amide bonds. The van der Waals surface area contributed by atoms with Gasteiger partial charge in [-0.25, -0.2) is 14.5 Å². The van der Waals surface area contributed by atoms with Crippen molar-refractivity contribution in [3.05, 3.63) is 40.7 Å². The van der Waals surface area contributed by atoms with Crippen LogP contribution in [-0.2, 0) is 11.3 Å². The van der Waals surface area contributed by atoms with Crippen molar-refractivity contribution in [3.8, 4) is 0 Å². The van der Waals surface area contributed by atoms with E-state index in [0.29, 0.717) is 5.92 Å². The van der Waals surface area contributed by atoms with Gasteiger partial charge in [-0.2, -0.15) is 5.10 Å². The van der Waals surface area contributed by atoms with E-state index in [-0.39, 0.29) is 0 Å². The van der Waals surface area contributed by atoms with E-state index in [4.69, 9.17) is 14.8 Å². The molecule has 7 nitrogen and oxygen atoms in total. The highest BCUT2D eigenvalue weighted by Gasteiger charge is 2.25. The van der Waals surface area contributed by atoms with Gasteiger partial charge in [0.15, 0.2) is 11.5 Å². The number of likely N-dealkylation sites (tertiary alicyclic amines) is 1. The number of aromatic nitrogens is 4. The highest BCUT2D eigenvalue weighted by Crippen LogP contribution is 2.27. The monoisotopic (exact) mass is 384 g/mol. The molecular formula is C19H24N6OS. The molecule has 5 heterocycles. The first-order chi connectivity index (χ1) is 13.3. The molecule has 0 saturated carbocycles. The Morgan fingerprint density at radius 3 is 2.96 bits per heavy atom. The number of ether oxygens (including phenoxy) is 1. The molecule has 0 spiro atoms. The van der Waals surface area contributed by atoms with Gasteiger partial charge in [0.1, 0.15) is 5.01 Å². The number of morpholine rings is 1. The van der Waals surface area contributed by atoms with E-state index in [9.17, 15) is 0 Å². The molecule has 2 saturated heterocycles. The highest BCUT2D eigenvalue weighted by molar-refractivity contribution is 7.09. The van der Waals surface area contributed by atoms with Gasteiger partial charge in [-0.3, -0.25) is 4.90 Å². The maximum Gasteiger partial charge on any atom is 0.156 e. The molecule has 0 N–H and O–H groups in total. The number of pyridine rings is 1. The van der Waals surface area contributed by atoms with Crippen LogP contribution in [0, 0.1) is 0 Å². The van der Waals surface area contributed by atoms with Crippen LogP contribution in [0.4, 0.5) is 5.69 Å². The van der Waals surface area contributed by atoms with E-state index in [0.717, 1.165) is 63.8 Å². The predicted molar refractivity (Wildman–Crippen MR) is 105 cm³/mol. The summed E-state index contributed by atoms with van der Waals surface area (Å²) in [6, 6.07) is 4.23. The summed E-state index contributed by atoms with van der Waals surface area (Å²) in [7, 11) is 0. The lowest BCUT2D eigenvalue weighted by atomic mass is 9.97. The van der Waals surface area contributed by atoms with Crippen LogP contribution in [0.1, 0.15) is 29.6 Å². The molecule has 8 heteroatoms. The van der Waals surface area contributed by atoms with Crippen LogP contribution < -0.4 is 4.90 Å². The largest absolute Gasteiger partial charge is 0.378 e. The maximum absolute atomic E-state index is 5.45. The van der Waals surface area contributed by atoms with Crippen LogP contribution in [0.3, 0.4) is 0 Å². The second-order valence-electron chi connectivity index (χ2n) is 7.26. The lowest BCUT2D eigenvalue weighted by Gasteiger charge is -2.30. The van der Waals surface area contributed by atoms with Crippen LogP contribution in [-0.4, -0.2) is 63.9 Å². The quantitative estimate of drug-likeness (QED) is 0.688. The van der Waals surface area contributed by atoms with Crippen molar-refractivity contribution in [1.82, 2.24) is 24.5 Å². The average Bonchev–Trinajstić information content (AvgIpc) is 3.38. The molecule has 142 valence electrons. The zero-order chi connectivity index (χ0) is 18.1. The standard InChI is InChI=1S/C19H24N6OS/c1-2-15(12-23(6-1)14-18-20-5-11-27-18)19-21-17-4-3-16(13-25(17)22-19)24-7-9-26-10-8-24/h3-5,11,13,15H,1-2,6-10,12,14H2/t15-/m0/s1. The first kappa shape index (κ1) is 17.1. The summed E-state index contributed by atoms with van der Waals surface area (Å²) in [5.41, 5.74) is 2.12. The number of thiazole rings is 1. The second kappa shape index (κ2) is 7.53. The molecule has 0 aliphatic carbocycles. The highest BCUT2D eigenvalue weighted by atomic mass is 32.1. The molecule has 2 aliphatic rings. The zero-order valence-corrected chi connectivity index (χ0v) is 16.1. The molecule has 0 aromatic carbocycles. The Labute approximate surface area is 162 Å². The van der Waals surface area contributed by atoms with Gasteiger partial charge in [0.2, 0.25) is 0 Å². The van der Waals surface area contributed by atoms with Crippen LogP contribution in [0.25, 0.3) is 5.65 Å². The summed E-state index contributed by atoms with van der Waals surface area (Å²) in [6.07, 6.45) is 6.33. The van der Waals surface area contributed by atoms with Crippen molar-refractivity contribution in [1.29, 1.82) is 0 Å². The summed E-state index contributed by atoms with van der Waals surface area (Å²) < 4.78 is 7.40. The molecule has 5 rings (SSSR count). The Morgan fingerprint density at radius 2 is 2.11 bits per heavy atom. The van der Waals surface area contributed by atoms with Crippen molar-refractivity contribution < 1.29 is 4.74 Å². The third-order valence-electron chi connectivity index (χ3n) is 5.42. The van der Waals surface area contributed by atoms with Crippen LogP contribution in [0.5, 0.6) is 0 Å². The minimum absolute atomic E-state index is 0.394. The number of nitrogens with zero attached hydrogens (tertiary/aromatic N) is 6. The van der Waals surface area contributed by atoms with E-state index >= 15 is 0 Å². The Morgan fingerprint density at radius 1 is 1.19 bits per heavy atom. The van der Waals surface area contributed by atoms with Crippen molar-refractivity contribution in [2.45, 2.75) is 25.3 Å². The number of rotatable bonds is 4. The van der Waals surface area contributed by atoms with Gasteiger partial charge in [-0.15, -0.1) is 11.3 Å². The van der Waals surface area contributed by atoms with Gasteiger partial charge >= 0.3 is 0 Å². The second-order valence-corrected chi connectivity index (χ2v) is 8.24. The Kier molecular flexibility index (Phi) is 4.77. The zero-order valence-electron chi connectivity index (χ0n) is 15.3. The normalized spacial score (nSPS) is 21.8. The van der Waals surface area contributed by atoms with E-state index in [2.05, 4.69) is 33.1 Å². The number of hydrogen-bond donors (Lipinski definition) is 0. The molecular weight excluding hydrogens is 360 g/mol.